The molecule has 0 aliphatic rings. The van der Waals surface area contributed by atoms with Crippen molar-refractivity contribution in [2.75, 3.05) is 0 Å². The molecule has 0 spiro atoms. The number of benzene rings is 2. The van der Waals surface area contributed by atoms with Crippen LogP contribution in [0.4, 0.5) is 4.39 Å². The van der Waals surface area contributed by atoms with Crippen molar-refractivity contribution in [3.8, 4) is 11.8 Å². The van der Waals surface area contributed by atoms with Gasteiger partial charge in [-0.1, -0.05) is 23.7 Å². The van der Waals surface area contributed by atoms with E-state index in [1.54, 1.807) is 37.3 Å². The molecule has 3 nitrogen and oxygen atoms in total. The molecule has 0 aliphatic heterocycles. The van der Waals surface area contributed by atoms with E-state index in [1.165, 1.54) is 12.1 Å². The van der Waals surface area contributed by atoms with E-state index in [9.17, 15) is 4.39 Å². The lowest BCUT2D eigenvalue weighted by Gasteiger charge is -2.23. The molecule has 0 saturated carbocycles. The maximum atomic E-state index is 13.6. The third kappa shape index (κ3) is 3.72. The van der Waals surface area contributed by atoms with Crippen LogP contribution in [0.15, 0.2) is 42.5 Å². The van der Waals surface area contributed by atoms with Crippen molar-refractivity contribution in [1.29, 1.82) is 5.26 Å². The van der Waals surface area contributed by atoms with E-state index in [0.29, 0.717) is 10.8 Å². The molecule has 0 aliphatic carbocycles. The van der Waals surface area contributed by atoms with E-state index in [0.717, 1.165) is 5.56 Å². The van der Waals surface area contributed by atoms with Gasteiger partial charge in [0.05, 0.1) is 5.56 Å². The van der Waals surface area contributed by atoms with Crippen molar-refractivity contribution in [1.82, 2.24) is 0 Å². The molecule has 2 aromatic rings. The summed E-state index contributed by atoms with van der Waals surface area (Å²) in [6, 6.07) is 12.7. The maximum absolute atomic E-state index is 13.6. The van der Waals surface area contributed by atoms with Gasteiger partial charge in [-0.05, 0) is 36.8 Å². The lowest BCUT2D eigenvalue weighted by molar-refractivity contribution is 0.180. The van der Waals surface area contributed by atoms with Gasteiger partial charge < -0.3 is 10.5 Å². The third-order valence-electron chi connectivity index (χ3n) is 2.98. The minimum atomic E-state index is -0.621. The lowest BCUT2D eigenvalue weighted by Crippen LogP contribution is -2.29. The van der Waals surface area contributed by atoms with Crippen molar-refractivity contribution < 1.29 is 9.13 Å². The van der Waals surface area contributed by atoms with E-state index in [4.69, 9.17) is 27.3 Å². The summed E-state index contributed by atoms with van der Waals surface area (Å²) in [4.78, 5) is 0. The second-order valence-electron chi connectivity index (χ2n) is 4.71. The first-order valence-corrected chi connectivity index (χ1v) is 6.76. The molecular formula is C16H14ClFN2O. The highest BCUT2D eigenvalue weighted by Gasteiger charge is 2.19. The summed E-state index contributed by atoms with van der Waals surface area (Å²) < 4.78 is 19.4. The summed E-state index contributed by atoms with van der Waals surface area (Å²) in [5.41, 5.74) is 6.73. The quantitative estimate of drug-likeness (QED) is 0.934. The molecule has 0 fully saturated rings. The first-order chi connectivity index (χ1) is 10.0. The number of halogens is 2. The number of nitrogens with zero attached hydrogens (tertiary/aromatic N) is 1. The number of nitriles is 1. The summed E-state index contributed by atoms with van der Waals surface area (Å²) in [6.45, 7) is 1.80. The van der Waals surface area contributed by atoms with Crippen LogP contribution in [0.3, 0.4) is 0 Å². The van der Waals surface area contributed by atoms with E-state index in [1.807, 2.05) is 6.07 Å². The summed E-state index contributed by atoms with van der Waals surface area (Å²) in [5.74, 6) is -0.307. The second kappa shape index (κ2) is 6.57. The molecule has 2 atom stereocenters. The molecule has 0 radical (unpaired) electrons. The molecular weight excluding hydrogens is 291 g/mol. The Hall–Kier alpha value is -2.09. The molecule has 2 unspecified atom stereocenters. The summed E-state index contributed by atoms with van der Waals surface area (Å²) in [7, 11) is 0. The average molecular weight is 305 g/mol. The first kappa shape index (κ1) is 15.3. The SMILES string of the molecule is CC(N)C(Oc1ccc(C#N)c(F)c1)c1cccc(Cl)c1. The molecule has 2 rings (SSSR count). The molecule has 0 aromatic heterocycles. The van der Waals surface area contributed by atoms with Crippen LogP contribution in [0.2, 0.25) is 5.02 Å². The van der Waals surface area contributed by atoms with E-state index >= 15 is 0 Å². The van der Waals surface area contributed by atoms with Gasteiger partial charge in [-0.2, -0.15) is 5.26 Å². The van der Waals surface area contributed by atoms with Gasteiger partial charge in [0.15, 0.2) is 0 Å². The minimum Gasteiger partial charge on any atom is -0.484 e. The number of nitrogens with two attached hydrogens (primary N) is 1. The molecule has 2 aromatic carbocycles. The van der Waals surface area contributed by atoms with Gasteiger partial charge in [0, 0.05) is 17.1 Å². The fourth-order valence-electron chi connectivity index (χ4n) is 1.97. The van der Waals surface area contributed by atoms with E-state index in [-0.39, 0.29) is 11.6 Å². The summed E-state index contributed by atoms with van der Waals surface area (Å²) >= 11 is 5.97. The Labute approximate surface area is 127 Å². The Kier molecular flexibility index (Phi) is 4.79. The van der Waals surface area contributed by atoms with Crippen LogP contribution in [0, 0.1) is 17.1 Å². The van der Waals surface area contributed by atoms with Crippen LogP contribution in [0.1, 0.15) is 24.2 Å². The predicted molar refractivity (Wildman–Crippen MR) is 79.6 cm³/mol. The lowest BCUT2D eigenvalue weighted by atomic mass is 10.0. The van der Waals surface area contributed by atoms with Gasteiger partial charge in [-0.25, -0.2) is 4.39 Å². The average Bonchev–Trinajstić information content (AvgIpc) is 2.44. The van der Waals surface area contributed by atoms with Crippen LogP contribution < -0.4 is 10.5 Å². The van der Waals surface area contributed by atoms with E-state index < -0.39 is 11.9 Å². The topological polar surface area (TPSA) is 59.0 Å². The van der Waals surface area contributed by atoms with Crippen LogP contribution in [-0.4, -0.2) is 6.04 Å². The zero-order chi connectivity index (χ0) is 15.4. The van der Waals surface area contributed by atoms with Crippen molar-refractivity contribution >= 4 is 11.6 Å². The monoisotopic (exact) mass is 304 g/mol. The van der Waals surface area contributed by atoms with Crippen LogP contribution >= 0.6 is 11.6 Å². The highest BCUT2D eigenvalue weighted by atomic mass is 35.5. The van der Waals surface area contributed by atoms with Gasteiger partial charge in [-0.15, -0.1) is 0 Å². The highest BCUT2D eigenvalue weighted by Crippen LogP contribution is 2.27. The Morgan fingerprint density at radius 2 is 2.05 bits per heavy atom. The largest absolute Gasteiger partial charge is 0.484 e. The fourth-order valence-corrected chi connectivity index (χ4v) is 2.17. The number of rotatable bonds is 4. The van der Waals surface area contributed by atoms with Gasteiger partial charge in [0.2, 0.25) is 0 Å². The van der Waals surface area contributed by atoms with Crippen molar-refractivity contribution in [3.63, 3.8) is 0 Å². The zero-order valence-corrected chi connectivity index (χ0v) is 12.1. The Morgan fingerprint density at radius 1 is 1.29 bits per heavy atom. The summed E-state index contributed by atoms with van der Waals surface area (Å²) in [5, 5.41) is 9.30. The Morgan fingerprint density at radius 3 is 2.62 bits per heavy atom. The van der Waals surface area contributed by atoms with Gasteiger partial charge in [-0.3, -0.25) is 0 Å². The van der Waals surface area contributed by atoms with Crippen LogP contribution in [0.25, 0.3) is 0 Å². The maximum Gasteiger partial charge on any atom is 0.144 e. The van der Waals surface area contributed by atoms with E-state index in [2.05, 4.69) is 0 Å². The zero-order valence-electron chi connectivity index (χ0n) is 11.4. The van der Waals surface area contributed by atoms with Crippen molar-refractivity contribution in [2.24, 2.45) is 5.73 Å². The van der Waals surface area contributed by atoms with Crippen LogP contribution in [-0.2, 0) is 0 Å². The Bertz CT molecular complexity index is 682. The standard InChI is InChI=1S/C16H14ClFN2O/c1-10(20)16(11-3-2-4-13(17)7-11)21-14-6-5-12(9-19)15(18)8-14/h2-8,10,16H,20H2,1H3. The molecule has 108 valence electrons. The van der Waals surface area contributed by atoms with Crippen LogP contribution in [0.5, 0.6) is 5.75 Å². The Balaban J connectivity index is 2.29. The molecule has 21 heavy (non-hydrogen) atoms. The van der Waals surface area contributed by atoms with Gasteiger partial charge in [0.1, 0.15) is 23.7 Å². The predicted octanol–water partition coefficient (Wildman–Crippen LogP) is 3.82. The molecule has 0 saturated heterocycles. The number of ether oxygens (including phenoxy) is 1. The summed E-state index contributed by atoms with van der Waals surface area (Å²) in [6.07, 6.45) is -0.462. The molecule has 2 N–H and O–H groups in total. The highest BCUT2D eigenvalue weighted by molar-refractivity contribution is 6.30. The third-order valence-corrected chi connectivity index (χ3v) is 3.21. The molecule has 0 bridgehead atoms. The number of hydrogen-bond donors (Lipinski definition) is 1. The molecule has 5 heteroatoms. The van der Waals surface area contributed by atoms with Gasteiger partial charge in [0.25, 0.3) is 0 Å². The fraction of sp³-hybridized carbons (Fsp3) is 0.188. The number of hydrogen-bond acceptors (Lipinski definition) is 3. The molecule has 0 amide bonds. The van der Waals surface area contributed by atoms with Gasteiger partial charge >= 0.3 is 0 Å². The van der Waals surface area contributed by atoms with Crippen molar-refractivity contribution in [3.05, 3.63) is 64.4 Å². The minimum absolute atomic E-state index is 0.0255. The van der Waals surface area contributed by atoms with Crippen molar-refractivity contribution in [2.45, 2.75) is 19.1 Å². The second-order valence-corrected chi connectivity index (χ2v) is 5.14. The normalized spacial score (nSPS) is 13.3. The molecule has 0 heterocycles. The smallest absolute Gasteiger partial charge is 0.144 e. The first-order valence-electron chi connectivity index (χ1n) is 6.38.